The molecule has 0 bridgehead atoms. The molecule has 1 heterocycles. The molecule has 150 valence electrons. The fourth-order valence-electron chi connectivity index (χ4n) is 3.18. The summed E-state index contributed by atoms with van der Waals surface area (Å²) in [5, 5.41) is 2.92. The van der Waals surface area contributed by atoms with Crippen molar-refractivity contribution < 1.29 is 14.3 Å². The number of piperazine rings is 1. The summed E-state index contributed by atoms with van der Waals surface area (Å²) in [5.74, 6) is 0.958. The van der Waals surface area contributed by atoms with Crippen molar-refractivity contribution in [2.75, 3.05) is 64.3 Å². The summed E-state index contributed by atoms with van der Waals surface area (Å²) in [6.45, 7) is 12.1. The van der Waals surface area contributed by atoms with Gasteiger partial charge in [0.05, 0.1) is 19.7 Å². The number of hydrogen-bond donors (Lipinski definition) is 1. The monoisotopic (exact) mass is 376 g/mol. The number of carbonyl (C=O) groups is 2. The highest BCUT2D eigenvalue weighted by atomic mass is 16.5. The lowest BCUT2D eigenvalue weighted by Crippen LogP contribution is -2.51. The van der Waals surface area contributed by atoms with E-state index in [1.165, 1.54) is 0 Å². The molecule has 7 nitrogen and oxygen atoms in total. The summed E-state index contributed by atoms with van der Waals surface area (Å²) in [7, 11) is 0. The highest BCUT2D eigenvalue weighted by Crippen LogP contribution is 2.15. The molecule has 0 aliphatic carbocycles. The number of likely N-dealkylation sites (N-methyl/N-ethyl adjacent to an activating group) is 1. The van der Waals surface area contributed by atoms with Crippen LogP contribution in [0.4, 0.5) is 5.69 Å². The molecule has 0 spiro atoms. The number of nitrogens with one attached hydrogen (secondary N) is 1. The Bertz CT molecular complexity index is 594. The summed E-state index contributed by atoms with van der Waals surface area (Å²) >= 11 is 0. The van der Waals surface area contributed by atoms with Gasteiger partial charge in [0.2, 0.25) is 11.8 Å². The third-order valence-corrected chi connectivity index (χ3v) is 4.76. The predicted octanol–water partition coefficient (Wildman–Crippen LogP) is 1.51. The standard InChI is InChI=1S/C20H32N4O3/c1-4-24(5-2)20(26)16-23-13-11-22(12-14-23)15-19(25)21-17-7-9-18(10-8-17)27-6-3/h7-10H,4-6,11-16H2,1-3H3,(H,21,25). The van der Waals surface area contributed by atoms with Gasteiger partial charge in [-0.2, -0.15) is 0 Å². The Morgan fingerprint density at radius 2 is 1.52 bits per heavy atom. The number of ether oxygens (including phenoxy) is 1. The van der Waals surface area contributed by atoms with Gasteiger partial charge in [0.1, 0.15) is 5.75 Å². The Kier molecular flexibility index (Phi) is 8.54. The maximum absolute atomic E-state index is 12.3. The van der Waals surface area contributed by atoms with Gasteiger partial charge in [-0.3, -0.25) is 19.4 Å². The molecule has 0 aromatic heterocycles. The maximum atomic E-state index is 12.3. The van der Waals surface area contributed by atoms with Gasteiger partial charge in [0.15, 0.2) is 0 Å². The van der Waals surface area contributed by atoms with Crippen LogP contribution < -0.4 is 10.1 Å². The number of rotatable bonds is 9. The molecule has 2 rings (SSSR count). The summed E-state index contributed by atoms with van der Waals surface area (Å²) in [6.07, 6.45) is 0. The van der Waals surface area contributed by atoms with Crippen LogP contribution >= 0.6 is 0 Å². The first kappa shape index (κ1) is 21.2. The van der Waals surface area contributed by atoms with Crippen LogP contribution in [0.15, 0.2) is 24.3 Å². The highest BCUT2D eigenvalue weighted by molar-refractivity contribution is 5.92. The number of benzene rings is 1. The topological polar surface area (TPSA) is 65.1 Å². The molecule has 1 fully saturated rings. The summed E-state index contributed by atoms with van der Waals surface area (Å²) in [5.41, 5.74) is 0.770. The number of carbonyl (C=O) groups excluding carboxylic acids is 2. The second-order valence-electron chi connectivity index (χ2n) is 6.62. The summed E-state index contributed by atoms with van der Waals surface area (Å²) in [4.78, 5) is 30.6. The highest BCUT2D eigenvalue weighted by Gasteiger charge is 2.22. The van der Waals surface area contributed by atoms with Crippen molar-refractivity contribution in [2.24, 2.45) is 0 Å². The van der Waals surface area contributed by atoms with Crippen molar-refractivity contribution in [1.82, 2.24) is 14.7 Å². The van der Waals surface area contributed by atoms with E-state index in [-0.39, 0.29) is 11.8 Å². The Morgan fingerprint density at radius 1 is 0.963 bits per heavy atom. The van der Waals surface area contributed by atoms with E-state index in [2.05, 4.69) is 15.1 Å². The average Bonchev–Trinajstić information content (AvgIpc) is 2.66. The van der Waals surface area contributed by atoms with E-state index in [1.54, 1.807) is 0 Å². The third kappa shape index (κ3) is 6.84. The lowest BCUT2D eigenvalue weighted by atomic mass is 10.2. The van der Waals surface area contributed by atoms with E-state index < -0.39 is 0 Å². The molecule has 27 heavy (non-hydrogen) atoms. The van der Waals surface area contributed by atoms with Gasteiger partial charge in [-0.1, -0.05) is 0 Å². The first-order valence-electron chi connectivity index (χ1n) is 9.80. The average molecular weight is 377 g/mol. The molecule has 1 aromatic rings. The van der Waals surface area contributed by atoms with Crippen molar-refractivity contribution in [3.8, 4) is 5.75 Å². The number of nitrogens with zero attached hydrogens (tertiary/aromatic N) is 3. The van der Waals surface area contributed by atoms with Crippen molar-refractivity contribution in [3.05, 3.63) is 24.3 Å². The zero-order chi connectivity index (χ0) is 19.6. The largest absolute Gasteiger partial charge is 0.494 e. The van der Waals surface area contributed by atoms with E-state index in [0.717, 1.165) is 50.7 Å². The molecular weight excluding hydrogens is 344 g/mol. The lowest BCUT2D eigenvalue weighted by Gasteiger charge is -2.34. The van der Waals surface area contributed by atoms with Crippen LogP contribution in [0, 0.1) is 0 Å². The van der Waals surface area contributed by atoms with Crippen LogP contribution in [0.2, 0.25) is 0 Å². The minimum absolute atomic E-state index is 0.0215. The molecule has 0 unspecified atom stereocenters. The SMILES string of the molecule is CCOc1ccc(NC(=O)CN2CCN(CC(=O)N(CC)CC)CC2)cc1. The summed E-state index contributed by atoms with van der Waals surface area (Å²) < 4.78 is 5.40. The predicted molar refractivity (Wildman–Crippen MR) is 107 cm³/mol. The molecule has 0 radical (unpaired) electrons. The smallest absolute Gasteiger partial charge is 0.238 e. The lowest BCUT2D eigenvalue weighted by molar-refractivity contribution is -0.132. The first-order valence-corrected chi connectivity index (χ1v) is 9.80. The minimum atomic E-state index is -0.0215. The molecule has 1 saturated heterocycles. The molecule has 0 atom stereocenters. The van der Waals surface area contributed by atoms with E-state index in [0.29, 0.717) is 19.7 Å². The van der Waals surface area contributed by atoms with Crippen LogP contribution in [0.5, 0.6) is 5.75 Å². The van der Waals surface area contributed by atoms with E-state index in [9.17, 15) is 9.59 Å². The molecule has 1 aliphatic heterocycles. The van der Waals surface area contributed by atoms with E-state index in [1.807, 2.05) is 49.9 Å². The third-order valence-electron chi connectivity index (χ3n) is 4.76. The van der Waals surface area contributed by atoms with Gasteiger partial charge in [0.25, 0.3) is 0 Å². The van der Waals surface area contributed by atoms with Crippen molar-refractivity contribution in [2.45, 2.75) is 20.8 Å². The molecule has 7 heteroatoms. The van der Waals surface area contributed by atoms with Crippen molar-refractivity contribution >= 4 is 17.5 Å². The molecule has 2 amide bonds. The van der Waals surface area contributed by atoms with Gasteiger partial charge in [0, 0.05) is 45.0 Å². The van der Waals surface area contributed by atoms with Gasteiger partial charge >= 0.3 is 0 Å². The quantitative estimate of drug-likeness (QED) is 0.708. The first-order chi connectivity index (χ1) is 13.0. The van der Waals surface area contributed by atoms with Crippen LogP contribution in [-0.2, 0) is 9.59 Å². The molecule has 1 N–H and O–H groups in total. The van der Waals surface area contributed by atoms with Crippen LogP contribution in [0.3, 0.4) is 0 Å². The zero-order valence-electron chi connectivity index (χ0n) is 16.7. The van der Waals surface area contributed by atoms with Crippen molar-refractivity contribution in [1.29, 1.82) is 0 Å². The fourth-order valence-corrected chi connectivity index (χ4v) is 3.18. The molecule has 1 aliphatic rings. The fraction of sp³-hybridized carbons (Fsp3) is 0.600. The molecule has 1 aromatic carbocycles. The molecule has 0 saturated carbocycles. The Hall–Kier alpha value is -2.12. The van der Waals surface area contributed by atoms with E-state index in [4.69, 9.17) is 4.74 Å². The second kappa shape index (κ2) is 10.9. The van der Waals surface area contributed by atoms with Crippen LogP contribution in [-0.4, -0.2) is 85.5 Å². The number of hydrogen-bond acceptors (Lipinski definition) is 5. The number of anilines is 1. The van der Waals surface area contributed by atoms with Crippen molar-refractivity contribution in [3.63, 3.8) is 0 Å². The number of amides is 2. The normalized spacial score (nSPS) is 15.4. The van der Waals surface area contributed by atoms with Gasteiger partial charge in [-0.25, -0.2) is 0 Å². The van der Waals surface area contributed by atoms with Gasteiger partial charge < -0.3 is 15.0 Å². The summed E-state index contributed by atoms with van der Waals surface area (Å²) in [6, 6.07) is 7.40. The molecular formula is C20H32N4O3. The van der Waals surface area contributed by atoms with Crippen LogP contribution in [0.25, 0.3) is 0 Å². The van der Waals surface area contributed by atoms with Gasteiger partial charge in [-0.15, -0.1) is 0 Å². The van der Waals surface area contributed by atoms with Gasteiger partial charge in [-0.05, 0) is 45.0 Å². The van der Waals surface area contributed by atoms with Crippen LogP contribution in [0.1, 0.15) is 20.8 Å². The minimum Gasteiger partial charge on any atom is -0.494 e. The Morgan fingerprint density at radius 3 is 2.04 bits per heavy atom. The van der Waals surface area contributed by atoms with E-state index >= 15 is 0 Å². The maximum Gasteiger partial charge on any atom is 0.238 e. The Labute approximate surface area is 162 Å². The Balaban J connectivity index is 1.71. The zero-order valence-corrected chi connectivity index (χ0v) is 16.7. The second-order valence-corrected chi connectivity index (χ2v) is 6.62.